The van der Waals surface area contributed by atoms with E-state index in [1.165, 1.54) is 29.5 Å². The van der Waals surface area contributed by atoms with E-state index in [-0.39, 0.29) is 12.1 Å². The maximum Gasteiger partial charge on any atom is 0.418 e. The Morgan fingerprint density at radius 1 is 1.30 bits per heavy atom. The molecule has 0 spiro atoms. The first-order valence-corrected chi connectivity index (χ1v) is 9.05. The van der Waals surface area contributed by atoms with E-state index in [0.717, 1.165) is 11.8 Å². The maximum absolute atomic E-state index is 13.0. The normalized spacial score (nSPS) is 11.6. The number of para-hydroxylation sites is 1. The third kappa shape index (κ3) is 4.14. The van der Waals surface area contributed by atoms with Crippen LogP contribution >= 0.6 is 22.9 Å². The zero-order valence-corrected chi connectivity index (χ0v) is 15.8. The summed E-state index contributed by atoms with van der Waals surface area (Å²) < 4.78 is 40.6. The summed E-state index contributed by atoms with van der Waals surface area (Å²) in [5.74, 6) is -0.588. The average molecular weight is 415 g/mol. The Hall–Kier alpha value is -2.39. The predicted octanol–water partition coefficient (Wildman–Crippen LogP) is 4.80. The molecular weight excluding hydrogens is 401 g/mol. The van der Waals surface area contributed by atoms with Gasteiger partial charge < -0.3 is 5.32 Å². The standard InChI is InChI=1S/C17H14ClF3N4OS/c1-9-15(18)10(2)25(24-9)16-22-11(8-27-16)7-14(26)23-13-6-4-3-5-12(13)17(19,20)21/h3-6,8H,7H2,1-2H3,(H,23,26). The van der Waals surface area contributed by atoms with Crippen LogP contribution in [0.1, 0.15) is 22.6 Å². The van der Waals surface area contributed by atoms with Gasteiger partial charge in [-0.3, -0.25) is 4.79 Å². The maximum atomic E-state index is 13.0. The van der Waals surface area contributed by atoms with E-state index in [1.54, 1.807) is 23.9 Å². The summed E-state index contributed by atoms with van der Waals surface area (Å²) in [6.07, 6.45) is -4.71. The van der Waals surface area contributed by atoms with E-state index in [2.05, 4.69) is 15.4 Å². The summed E-state index contributed by atoms with van der Waals surface area (Å²) in [6, 6.07) is 4.83. The molecule has 0 bridgehead atoms. The lowest BCUT2D eigenvalue weighted by atomic mass is 10.1. The van der Waals surface area contributed by atoms with E-state index in [9.17, 15) is 18.0 Å². The molecule has 0 atom stereocenters. The minimum atomic E-state index is -4.55. The average Bonchev–Trinajstić information content (AvgIpc) is 3.14. The highest BCUT2D eigenvalue weighted by Crippen LogP contribution is 2.34. The molecule has 3 aromatic rings. The van der Waals surface area contributed by atoms with Crippen molar-refractivity contribution in [3.05, 3.63) is 57.3 Å². The number of hydrogen-bond acceptors (Lipinski definition) is 4. The summed E-state index contributed by atoms with van der Waals surface area (Å²) in [6.45, 7) is 3.57. The molecule has 142 valence electrons. The number of hydrogen-bond donors (Lipinski definition) is 1. The van der Waals surface area contributed by atoms with Gasteiger partial charge in [-0.25, -0.2) is 9.67 Å². The first-order valence-electron chi connectivity index (χ1n) is 7.79. The van der Waals surface area contributed by atoms with Gasteiger partial charge >= 0.3 is 6.18 Å². The number of benzene rings is 1. The number of halogens is 4. The van der Waals surface area contributed by atoms with Crippen LogP contribution in [0, 0.1) is 13.8 Å². The van der Waals surface area contributed by atoms with E-state index in [0.29, 0.717) is 21.5 Å². The number of carbonyl (C=O) groups excluding carboxylic acids is 1. The highest BCUT2D eigenvalue weighted by Gasteiger charge is 2.33. The highest BCUT2D eigenvalue weighted by molar-refractivity contribution is 7.12. The molecule has 2 heterocycles. The van der Waals surface area contributed by atoms with Crippen molar-refractivity contribution in [3.8, 4) is 5.13 Å². The molecule has 0 aliphatic heterocycles. The molecule has 0 radical (unpaired) electrons. The van der Waals surface area contributed by atoms with Crippen molar-refractivity contribution >= 4 is 34.5 Å². The van der Waals surface area contributed by atoms with Crippen LogP contribution in [0.25, 0.3) is 5.13 Å². The Morgan fingerprint density at radius 3 is 2.63 bits per heavy atom. The Labute approximate surface area is 161 Å². The molecule has 0 fully saturated rings. The van der Waals surface area contributed by atoms with Crippen molar-refractivity contribution in [2.75, 3.05) is 5.32 Å². The van der Waals surface area contributed by atoms with Crippen molar-refractivity contribution in [1.82, 2.24) is 14.8 Å². The first-order chi connectivity index (χ1) is 12.7. The lowest BCUT2D eigenvalue weighted by Crippen LogP contribution is -2.18. The lowest BCUT2D eigenvalue weighted by Gasteiger charge is -2.13. The molecule has 10 heteroatoms. The first kappa shape index (κ1) is 19.4. The number of rotatable bonds is 4. The van der Waals surface area contributed by atoms with Gasteiger partial charge in [0.15, 0.2) is 0 Å². The van der Waals surface area contributed by atoms with Crippen LogP contribution in [-0.4, -0.2) is 20.7 Å². The van der Waals surface area contributed by atoms with Gasteiger partial charge in [0, 0.05) is 5.38 Å². The number of carbonyl (C=O) groups is 1. The monoisotopic (exact) mass is 414 g/mol. The van der Waals surface area contributed by atoms with Crippen molar-refractivity contribution in [2.24, 2.45) is 0 Å². The second kappa shape index (κ2) is 7.32. The Balaban J connectivity index is 1.75. The van der Waals surface area contributed by atoms with Crippen LogP contribution in [0.3, 0.4) is 0 Å². The Kier molecular flexibility index (Phi) is 5.25. The summed E-state index contributed by atoms with van der Waals surface area (Å²) >= 11 is 7.38. The highest BCUT2D eigenvalue weighted by atomic mass is 35.5. The molecule has 5 nitrogen and oxygen atoms in total. The number of nitrogens with zero attached hydrogens (tertiary/aromatic N) is 3. The molecule has 1 aromatic carbocycles. The third-order valence-electron chi connectivity index (χ3n) is 3.77. The van der Waals surface area contributed by atoms with Gasteiger partial charge in [0.2, 0.25) is 11.0 Å². The van der Waals surface area contributed by atoms with Crippen LogP contribution in [0.4, 0.5) is 18.9 Å². The number of anilines is 1. The van der Waals surface area contributed by atoms with E-state index in [4.69, 9.17) is 11.6 Å². The molecule has 0 aliphatic rings. The number of alkyl halides is 3. The number of thiazole rings is 1. The van der Waals surface area contributed by atoms with E-state index in [1.807, 2.05) is 0 Å². The molecule has 0 aliphatic carbocycles. The van der Waals surface area contributed by atoms with Gasteiger partial charge in [-0.15, -0.1) is 11.3 Å². The minimum Gasteiger partial charge on any atom is -0.325 e. The molecule has 0 unspecified atom stereocenters. The van der Waals surface area contributed by atoms with Crippen LogP contribution in [-0.2, 0) is 17.4 Å². The molecule has 0 saturated carbocycles. The third-order valence-corrected chi connectivity index (χ3v) is 5.18. The second-order valence-electron chi connectivity index (χ2n) is 5.79. The van der Waals surface area contributed by atoms with Gasteiger partial charge in [0.25, 0.3) is 0 Å². The lowest BCUT2D eigenvalue weighted by molar-refractivity contribution is -0.137. The molecule has 2 aromatic heterocycles. The van der Waals surface area contributed by atoms with Gasteiger partial charge in [-0.2, -0.15) is 18.3 Å². The minimum absolute atomic E-state index is 0.157. The van der Waals surface area contributed by atoms with Crippen LogP contribution in [0.15, 0.2) is 29.6 Å². The smallest absolute Gasteiger partial charge is 0.325 e. The Bertz CT molecular complexity index is 996. The van der Waals surface area contributed by atoms with E-state index < -0.39 is 17.6 Å². The predicted molar refractivity (Wildman–Crippen MR) is 97.5 cm³/mol. The van der Waals surface area contributed by atoms with Gasteiger partial charge in [-0.05, 0) is 26.0 Å². The summed E-state index contributed by atoms with van der Waals surface area (Å²) in [7, 11) is 0. The van der Waals surface area contributed by atoms with Crippen LogP contribution in [0.2, 0.25) is 5.02 Å². The number of aromatic nitrogens is 3. The SMILES string of the molecule is Cc1nn(-c2nc(CC(=O)Nc3ccccc3C(F)(F)F)cs2)c(C)c1Cl. The number of aryl methyl sites for hydroxylation is 1. The van der Waals surface area contributed by atoms with Crippen molar-refractivity contribution < 1.29 is 18.0 Å². The molecule has 0 saturated heterocycles. The summed E-state index contributed by atoms with van der Waals surface area (Å²) in [5.41, 5.74) is 0.636. The quantitative estimate of drug-likeness (QED) is 0.667. The fourth-order valence-corrected chi connectivity index (χ4v) is 3.43. The fraction of sp³-hybridized carbons (Fsp3) is 0.235. The van der Waals surface area contributed by atoms with Gasteiger partial charge in [-0.1, -0.05) is 23.7 Å². The molecule has 3 rings (SSSR count). The van der Waals surface area contributed by atoms with Crippen LogP contribution < -0.4 is 5.32 Å². The summed E-state index contributed by atoms with van der Waals surface area (Å²) in [4.78, 5) is 16.5. The molecule has 27 heavy (non-hydrogen) atoms. The van der Waals surface area contributed by atoms with Crippen molar-refractivity contribution in [2.45, 2.75) is 26.4 Å². The van der Waals surface area contributed by atoms with Crippen LogP contribution in [0.5, 0.6) is 0 Å². The molecular formula is C17H14ClF3N4OS. The summed E-state index contributed by atoms with van der Waals surface area (Å²) in [5, 5.41) is 9.31. The van der Waals surface area contributed by atoms with Gasteiger partial charge in [0.1, 0.15) is 0 Å². The largest absolute Gasteiger partial charge is 0.418 e. The number of nitrogens with one attached hydrogen (secondary N) is 1. The van der Waals surface area contributed by atoms with E-state index >= 15 is 0 Å². The zero-order valence-electron chi connectivity index (χ0n) is 14.3. The fourth-order valence-electron chi connectivity index (χ4n) is 2.48. The Morgan fingerprint density at radius 2 is 2.00 bits per heavy atom. The second-order valence-corrected chi connectivity index (χ2v) is 7.00. The topological polar surface area (TPSA) is 59.8 Å². The number of amides is 1. The van der Waals surface area contributed by atoms with Crippen molar-refractivity contribution in [1.29, 1.82) is 0 Å². The molecule has 1 N–H and O–H groups in total. The van der Waals surface area contributed by atoms with Gasteiger partial charge in [0.05, 0.1) is 39.8 Å². The van der Waals surface area contributed by atoms with Crippen molar-refractivity contribution in [3.63, 3.8) is 0 Å². The zero-order chi connectivity index (χ0) is 19.8. The molecule has 1 amide bonds.